The molecule has 1 aromatic carbocycles. The Labute approximate surface area is 165 Å². The third-order valence-electron chi connectivity index (χ3n) is 4.48. The molecule has 0 aliphatic rings. The van der Waals surface area contributed by atoms with E-state index in [0.717, 1.165) is 49.8 Å². The first-order chi connectivity index (χ1) is 13.1. The van der Waals surface area contributed by atoms with Crippen molar-refractivity contribution in [1.82, 2.24) is 19.9 Å². The van der Waals surface area contributed by atoms with Crippen LogP contribution < -0.4 is 10.1 Å². The van der Waals surface area contributed by atoms with Gasteiger partial charge in [0.2, 0.25) is 11.8 Å². The zero-order valence-electron chi connectivity index (χ0n) is 15.4. The summed E-state index contributed by atoms with van der Waals surface area (Å²) >= 11 is 3.64. The smallest absolute Gasteiger partial charge is 0.232 e. The minimum Gasteiger partial charge on any atom is -0.477 e. The Balaban J connectivity index is 1.84. The maximum atomic E-state index is 5.79. The molecule has 0 radical (unpaired) electrons. The van der Waals surface area contributed by atoms with Crippen LogP contribution in [0.5, 0.6) is 5.88 Å². The lowest BCUT2D eigenvalue weighted by Crippen LogP contribution is -2.02. The van der Waals surface area contributed by atoms with Crippen LogP contribution in [0.15, 0.2) is 34.9 Å². The number of halogens is 1. The first kappa shape index (κ1) is 17.7. The molecule has 0 aliphatic heterocycles. The lowest BCUT2D eigenvalue weighted by Gasteiger charge is -2.11. The molecule has 6 nitrogen and oxygen atoms in total. The second kappa shape index (κ2) is 7.15. The van der Waals surface area contributed by atoms with Gasteiger partial charge in [-0.1, -0.05) is 13.0 Å². The van der Waals surface area contributed by atoms with Gasteiger partial charge in [-0.25, -0.2) is 0 Å². The number of pyridine rings is 1. The Morgan fingerprint density at radius 2 is 2.04 bits per heavy atom. The molecule has 0 unspecified atom stereocenters. The van der Waals surface area contributed by atoms with Gasteiger partial charge in [0, 0.05) is 17.3 Å². The van der Waals surface area contributed by atoms with Crippen LogP contribution in [0.2, 0.25) is 0 Å². The third kappa shape index (κ3) is 3.12. The van der Waals surface area contributed by atoms with Gasteiger partial charge in [0.05, 0.1) is 27.7 Å². The standard InChI is InChI=1S/C20H20BrN5O/c1-4-13-16(21)15-18(23-13)25-20(26-19(15)27-5-2)24-14-9-8-11(3)17-12(14)7-6-10-22-17/h6-10H,4-5H2,1-3H3,(H2,23,24,25,26). The molecule has 3 aromatic heterocycles. The van der Waals surface area contributed by atoms with E-state index in [9.17, 15) is 0 Å². The summed E-state index contributed by atoms with van der Waals surface area (Å²) in [7, 11) is 0. The second-order valence-corrected chi connectivity index (χ2v) is 7.03. The lowest BCUT2D eigenvalue weighted by atomic mass is 10.1. The summed E-state index contributed by atoms with van der Waals surface area (Å²) in [5.74, 6) is 1.04. The van der Waals surface area contributed by atoms with Crippen molar-refractivity contribution in [3.63, 3.8) is 0 Å². The molecule has 4 rings (SSSR count). The molecule has 0 atom stereocenters. The number of aryl methyl sites for hydroxylation is 2. The molecule has 3 heterocycles. The van der Waals surface area contributed by atoms with Crippen molar-refractivity contribution < 1.29 is 4.74 Å². The van der Waals surface area contributed by atoms with Crippen LogP contribution in [0.3, 0.4) is 0 Å². The molecule has 0 fully saturated rings. The van der Waals surface area contributed by atoms with E-state index in [1.807, 2.05) is 31.2 Å². The molecule has 0 bridgehead atoms. The Morgan fingerprint density at radius 3 is 2.81 bits per heavy atom. The van der Waals surface area contributed by atoms with Crippen molar-refractivity contribution in [2.24, 2.45) is 0 Å². The molecule has 138 valence electrons. The van der Waals surface area contributed by atoms with Gasteiger partial charge in [-0.2, -0.15) is 9.97 Å². The number of nitrogens with zero attached hydrogens (tertiary/aromatic N) is 3. The summed E-state index contributed by atoms with van der Waals surface area (Å²) in [4.78, 5) is 17.1. The highest BCUT2D eigenvalue weighted by Gasteiger charge is 2.17. The quantitative estimate of drug-likeness (QED) is 0.454. The molecule has 0 saturated carbocycles. The summed E-state index contributed by atoms with van der Waals surface area (Å²) in [6.07, 6.45) is 2.66. The monoisotopic (exact) mass is 425 g/mol. The Bertz CT molecular complexity index is 1140. The number of hydrogen-bond donors (Lipinski definition) is 2. The predicted octanol–water partition coefficient (Wildman–Crippen LogP) is 5.28. The summed E-state index contributed by atoms with van der Waals surface area (Å²) in [5, 5.41) is 5.23. The Hall–Kier alpha value is -2.67. The summed E-state index contributed by atoms with van der Waals surface area (Å²) in [5.41, 5.74) is 4.82. The van der Waals surface area contributed by atoms with Gasteiger partial charge in [-0.3, -0.25) is 4.98 Å². The van der Waals surface area contributed by atoms with Crippen LogP contribution in [0.4, 0.5) is 11.6 Å². The molecule has 0 amide bonds. The van der Waals surface area contributed by atoms with Crippen molar-refractivity contribution in [1.29, 1.82) is 0 Å². The van der Waals surface area contributed by atoms with E-state index in [-0.39, 0.29) is 0 Å². The number of hydrogen-bond acceptors (Lipinski definition) is 5. The third-order valence-corrected chi connectivity index (χ3v) is 5.36. The molecule has 0 aliphatic carbocycles. The maximum absolute atomic E-state index is 5.79. The zero-order valence-corrected chi connectivity index (χ0v) is 17.0. The van der Waals surface area contributed by atoms with Gasteiger partial charge in [0.25, 0.3) is 0 Å². The highest BCUT2D eigenvalue weighted by Crippen LogP contribution is 2.35. The van der Waals surface area contributed by atoms with Crippen molar-refractivity contribution in [3.05, 3.63) is 46.2 Å². The molecule has 4 aromatic rings. The summed E-state index contributed by atoms with van der Waals surface area (Å²) < 4.78 is 6.75. The fraction of sp³-hybridized carbons (Fsp3) is 0.250. The average Bonchev–Trinajstić information content (AvgIpc) is 3.00. The number of nitrogens with one attached hydrogen (secondary N) is 2. The topological polar surface area (TPSA) is 75.7 Å². The van der Waals surface area contributed by atoms with Gasteiger partial charge in [0.1, 0.15) is 5.65 Å². The summed E-state index contributed by atoms with van der Waals surface area (Å²) in [6, 6.07) is 8.04. The van der Waals surface area contributed by atoms with E-state index in [1.165, 1.54) is 0 Å². The average molecular weight is 426 g/mol. The summed E-state index contributed by atoms with van der Waals surface area (Å²) in [6.45, 7) is 6.62. The van der Waals surface area contributed by atoms with Crippen LogP contribution in [0, 0.1) is 6.92 Å². The van der Waals surface area contributed by atoms with Gasteiger partial charge >= 0.3 is 0 Å². The normalized spacial score (nSPS) is 11.3. The first-order valence-electron chi connectivity index (χ1n) is 8.94. The first-order valence-corrected chi connectivity index (χ1v) is 9.73. The van der Waals surface area contributed by atoms with E-state index < -0.39 is 0 Å². The minimum absolute atomic E-state index is 0.483. The molecule has 0 spiro atoms. The van der Waals surface area contributed by atoms with E-state index in [0.29, 0.717) is 18.4 Å². The molecule has 0 saturated heterocycles. The number of benzene rings is 1. The van der Waals surface area contributed by atoms with Crippen LogP contribution >= 0.6 is 15.9 Å². The maximum Gasteiger partial charge on any atom is 0.232 e. The molecule has 7 heteroatoms. The van der Waals surface area contributed by atoms with Crippen LogP contribution in [-0.4, -0.2) is 26.5 Å². The highest BCUT2D eigenvalue weighted by molar-refractivity contribution is 9.10. The number of aromatic nitrogens is 4. The zero-order chi connectivity index (χ0) is 19.0. The second-order valence-electron chi connectivity index (χ2n) is 6.23. The number of rotatable bonds is 5. The van der Waals surface area contributed by atoms with Crippen LogP contribution in [0.1, 0.15) is 25.1 Å². The Kier molecular flexibility index (Phi) is 4.70. The van der Waals surface area contributed by atoms with E-state index in [2.05, 4.69) is 55.0 Å². The highest BCUT2D eigenvalue weighted by atomic mass is 79.9. The van der Waals surface area contributed by atoms with Crippen LogP contribution in [-0.2, 0) is 6.42 Å². The lowest BCUT2D eigenvalue weighted by molar-refractivity contribution is 0.331. The van der Waals surface area contributed by atoms with E-state index >= 15 is 0 Å². The number of aromatic amines is 1. The van der Waals surface area contributed by atoms with Gasteiger partial charge < -0.3 is 15.0 Å². The van der Waals surface area contributed by atoms with Crippen molar-refractivity contribution in [2.75, 3.05) is 11.9 Å². The van der Waals surface area contributed by atoms with Crippen molar-refractivity contribution >= 4 is 49.5 Å². The van der Waals surface area contributed by atoms with Crippen LogP contribution in [0.25, 0.3) is 21.9 Å². The molecule has 2 N–H and O–H groups in total. The Morgan fingerprint density at radius 1 is 1.19 bits per heavy atom. The van der Waals surface area contributed by atoms with Crippen molar-refractivity contribution in [3.8, 4) is 5.88 Å². The molecular formula is C20H20BrN5O. The van der Waals surface area contributed by atoms with Gasteiger partial charge in [0.15, 0.2) is 0 Å². The largest absolute Gasteiger partial charge is 0.477 e. The number of ether oxygens (including phenoxy) is 1. The number of fused-ring (bicyclic) bond motifs is 2. The minimum atomic E-state index is 0.483. The van der Waals surface area contributed by atoms with Gasteiger partial charge in [-0.15, -0.1) is 0 Å². The van der Waals surface area contributed by atoms with Crippen molar-refractivity contribution in [2.45, 2.75) is 27.2 Å². The van der Waals surface area contributed by atoms with E-state index in [4.69, 9.17) is 4.74 Å². The molecular weight excluding hydrogens is 406 g/mol. The number of H-pyrrole nitrogens is 1. The molecule has 27 heavy (non-hydrogen) atoms. The van der Waals surface area contributed by atoms with Gasteiger partial charge in [-0.05, 0) is 60.0 Å². The predicted molar refractivity (Wildman–Crippen MR) is 112 cm³/mol. The number of anilines is 2. The fourth-order valence-corrected chi connectivity index (χ4v) is 3.90. The SMILES string of the molecule is CCOc1nc(Nc2ccc(C)c3ncccc23)nc2[nH]c(CC)c(Br)c12. The fourth-order valence-electron chi connectivity index (χ4n) is 3.16. The van der Waals surface area contributed by atoms with E-state index in [1.54, 1.807) is 6.20 Å².